The van der Waals surface area contributed by atoms with Crippen molar-refractivity contribution in [3.63, 3.8) is 0 Å². The lowest BCUT2D eigenvalue weighted by Crippen LogP contribution is -2.59. The number of nitrogens with one attached hydrogen (secondary N) is 3. The van der Waals surface area contributed by atoms with Crippen molar-refractivity contribution >= 4 is 29.5 Å². The molecule has 43 heavy (non-hydrogen) atoms. The lowest BCUT2D eigenvalue weighted by Gasteiger charge is -2.38. The van der Waals surface area contributed by atoms with Crippen LogP contribution in [-0.2, 0) is 30.3 Å². The second-order valence-corrected chi connectivity index (χ2v) is 11.0. The molecule has 230 valence electrons. The molecule has 0 saturated carbocycles. The van der Waals surface area contributed by atoms with Gasteiger partial charge in [0.1, 0.15) is 23.5 Å². The summed E-state index contributed by atoms with van der Waals surface area (Å²) in [7, 11) is 2.94. The van der Waals surface area contributed by atoms with Crippen molar-refractivity contribution in [2.24, 2.45) is 5.92 Å². The average Bonchev–Trinajstić information content (AvgIpc) is 3.01. The number of hydrogen-bond acceptors (Lipinski definition) is 8. The van der Waals surface area contributed by atoms with E-state index in [9.17, 15) is 24.0 Å². The minimum absolute atomic E-state index is 0.0245. The first-order chi connectivity index (χ1) is 20.5. The van der Waals surface area contributed by atoms with Crippen LogP contribution in [0.25, 0.3) is 0 Å². The topological polar surface area (TPSA) is 159 Å². The van der Waals surface area contributed by atoms with E-state index in [-0.39, 0.29) is 44.2 Å². The van der Waals surface area contributed by atoms with Gasteiger partial charge in [0, 0.05) is 38.8 Å². The molecule has 1 aromatic heterocycles. The highest BCUT2D eigenvalue weighted by atomic mass is 16.5. The number of hydrogen-bond donors (Lipinski definition) is 3. The van der Waals surface area contributed by atoms with E-state index >= 15 is 0 Å². The third kappa shape index (κ3) is 8.07. The van der Waals surface area contributed by atoms with Gasteiger partial charge >= 0.3 is 0 Å². The fourth-order valence-electron chi connectivity index (χ4n) is 5.03. The van der Waals surface area contributed by atoms with Gasteiger partial charge in [-0.25, -0.2) is 0 Å². The number of morpholine rings is 1. The molecule has 2 bridgehead atoms. The molecule has 3 N–H and O–H groups in total. The predicted molar refractivity (Wildman–Crippen MR) is 155 cm³/mol. The van der Waals surface area contributed by atoms with Gasteiger partial charge in [0.2, 0.25) is 17.7 Å². The van der Waals surface area contributed by atoms with Crippen molar-refractivity contribution in [1.29, 1.82) is 0 Å². The van der Waals surface area contributed by atoms with E-state index in [4.69, 9.17) is 9.47 Å². The number of benzene rings is 1. The second-order valence-electron chi connectivity index (χ2n) is 11.0. The van der Waals surface area contributed by atoms with Crippen LogP contribution in [0.4, 0.5) is 0 Å². The van der Waals surface area contributed by atoms with Gasteiger partial charge in [0.15, 0.2) is 6.10 Å². The lowest BCUT2D eigenvalue weighted by molar-refractivity contribution is -0.148. The first-order valence-corrected chi connectivity index (χ1v) is 14.2. The fourth-order valence-corrected chi connectivity index (χ4v) is 5.03. The SMILES string of the molecule is COc1ccnc(C(=O)N2C[C@@H]3CNC(=O)[C@H](C(C)C)NC(=O)CN(C)C(=O)[C@@H](Cc4ccccc4)NC(=O)[C@@H](C2)O3)c1. The summed E-state index contributed by atoms with van der Waals surface area (Å²) in [5.74, 6) is -2.31. The van der Waals surface area contributed by atoms with Crippen molar-refractivity contribution in [2.75, 3.05) is 40.3 Å². The molecule has 3 heterocycles. The monoisotopic (exact) mass is 594 g/mol. The Morgan fingerprint density at radius 2 is 1.81 bits per heavy atom. The van der Waals surface area contributed by atoms with Crippen LogP contribution in [0.1, 0.15) is 29.9 Å². The average molecular weight is 595 g/mol. The smallest absolute Gasteiger partial charge is 0.272 e. The van der Waals surface area contributed by atoms with E-state index in [1.807, 2.05) is 30.3 Å². The zero-order valence-corrected chi connectivity index (χ0v) is 24.7. The van der Waals surface area contributed by atoms with Crippen LogP contribution < -0.4 is 20.7 Å². The number of fused-ring (bicyclic) bond motifs is 2. The number of methoxy groups -OCH3 is 1. The van der Waals surface area contributed by atoms with Gasteiger partial charge in [-0.2, -0.15) is 0 Å². The Kier molecular flexibility index (Phi) is 10.3. The standard InChI is InChI=1S/C30H38N6O7/c1-18(2)26-28(39)32-14-21-15-36(30(41)22-13-20(42-4)10-11-31-22)16-24(43-21)27(38)33-23(12-19-8-6-5-7-9-19)29(40)35(3)17-25(37)34-26/h5-11,13,18,21,23-24,26H,12,14-17H2,1-4H3,(H,32,39)(H,33,38)(H,34,37)/t21-,23+,24+,26-/m0/s1. The van der Waals surface area contributed by atoms with Gasteiger partial charge < -0.3 is 35.2 Å². The number of rotatable bonds is 5. The van der Waals surface area contributed by atoms with Gasteiger partial charge in [-0.3, -0.25) is 29.0 Å². The van der Waals surface area contributed by atoms with Crippen molar-refractivity contribution < 1.29 is 33.4 Å². The first kappa shape index (κ1) is 31.4. The summed E-state index contributed by atoms with van der Waals surface area (Å²) < 4.78 is 11.3. The van der Waals surface area contributed by atoms with Crippen LogP contribution in [0.15, 0.2) is 48.7 Å². The van der Waals surface area contributed by atoms with Gasteiger partial charge in [0.05, 0.1) is 26.3 Å². The summed E-state index contributed by atoms with van der Waals surface area (Å²) in [5.41, 5.74) is 0.922. The first-order valence-electron chi connectivity index (χ1n) is 14.2. The maximum absolute atomic E-state index is 13.6. The molecule has 13 heteroatoms. The van der Waals surface area contributed by atoms with Gasteiger partial charge in [-0.15, -0.1) is 0 Å². The number of carbonyl (C=O) groups is 5. The maximum Gasteiger partial charge on any atom is 0.272 e. The highest BCUT2D eigenvalue weighted by Crippen LogP contribution is 2.18. The van der Waals surface area contributed by atoms with Crippen LogP contribution in [0.2, 0.25) is 0 Å². The Balaban J connectivity index is 1.66. The number of amides is 5. The second kappa shape index (κ2) is 14.1. The number of ether oxygens (including phenoxy) is 2. The molecule has 2 aliphatic heterocycles. The molecule has 2 aromatic rings. The molecule has 13 nitrogen and oxygen atoms in total. The number of likely N-dealkylation sites (N-methyl/N-ethyl adjacent to an activating group) is 1. The van der Waals surface area contributed by atoms with E-state index in [1.54, 1.807) is 19.9 Å². The largest absolute Gasteiger partial charge is 0.497 e. The molecule has 2 aliphatic rings. The van der Waals surface area contributed by atoms with Gasteiger partial charge in [0.25, 0.3) is 11.8 Å². The van der Waals surface area contributed by atoms with Crippen molar-refractivity contribution in [3.8, 4) is 5.75 Å². The summed E-state index contributed by atoms with van der Waals surface area (Å²) >= 11 is 0. The third-order valence-electron chi connectivity index (χ3n) is 7.36. The minimum Gasteiger partial charge on any atom is -0.497 e. The van der Waals surface area contributed by atoms with Crippen LogP contribution >= 0.6 is 0 Å². The fraction of sp³-hybridized carbons (Fsp3) is 0.467. The Morgan fingerprint density at radius 1 is 1.07 bits per heavy atom. The van der Waals surface area contributed by atoms with E-state index in [0.29, 0.717) is 5.75 Å². The molecule has 4 atom stereocenters. The van der Waals surface area contributed by atoms with E-state index in [1.165, 1.54) is 36.2 Å². The highest BCUT2D eigenvalue weighted by molar-refractivity contribution is 5.95. The Bertz CT molecular complexity index is 1340. The van der Waals surface area contributed by atoms with E-state index in [0.717, 1.165) is 5.56 Å². The summed E-state index contributed by atoms with van der Waals surface area (Å²) in [4.78, 5) is 73.5. The number of aromatic nitrogens is 1. The summed E-state index contributed by atoms with van der Waals surface area (Å²) in [6.45, 7) is 3.21. The van der Waals surface area contributed by atoms with Crippen molar-refractivity contribution in [1.82, 2.24) is 30.7 Å². The third-order valence-corrected chi connectivity index (χ3v) is 7.36. The molecule has 2 fully saturated rings. The summed E-state index contributed by atoms with van der Waals surface area (Å²) in [5, 5.41) is 8.30. The molecule has 0 radical (unpaired) electrons. The highest BCUT2D eigenvalue weighted by Gasteiger charge is 2.38. The summed E-state index contributed by atoms with van der Waals surface area (Å²) in [6, 6.07) is 10.4. The number of carbonyl (C=O) groups excluding carboxylic acids is 5. The van der Waals surface area contributed by atoms with Gasteiger partial charge in [-0.1, -0.05) is 44.2 Å². The summed E-state index contributed by atoms with van der Waals surface area (Å²) in [6.07, 6.45) is -0.291. The number of nitrogens with zero attached hydrogens (tertiary/aromatic N) is 3. The molecule has 2 saturated heterocycles. The normalized spacial score (nSPS) is 23.9. The van der Waals surface area contributed by atoms with Gasteiger partial charge in [-0.05, 0) is 17.5 Å². The lowest BCUT2D eigenvalue weighted by atomic mass is 10.0. The minimum atomic E-state index is -1.15. The zero-order chi connectivity index (χ0) is 31.1. The molecular formula is C30H38N6O7. The zero-order valence-electron chi connectivity index (χ0n) is 24.7. The van der Waals surface area contributed by atoms with Crippen molar-refractivity contribution in [3.05, 3.63) is 59.9 Å². The quantitative estimate of drug-likeness (QED) is 0.428. The molecule has 5 amide bonds. The number of pyridine rings is 1. The molecule has 0 aliphatic carbocycles. The van der Waals surface area contributed by atoms with Crippen LogP contribution in [-0.4, -0.2) is 109 Å². The van der Waals surface area contributed by atoms with E-state index in [2.05, 4.69) is 20.9 Å². The Morgan fingerprint density at radius 3 is 2.51 bits per heavy atom. The van der Waals surface area contributed by atoms with Crippen molar-refractivity contribution in [2.45, 2.75) is 44.6 Å². The Labute approximate surface area is 250 Å². The molecule has 4 rings (SSSR count). The van der Waals surface area contributed by atoms with Crippen LogP contribution in [0, 0.1) is 5.92 Å². The maximum atomic E-state index is 13.6. The predicted octanol–water partition coefficient (Wildman–Crippen LogP) is -0.244. The Hall–Kier alpha value is -4.52. The molecule has 0 unspecified atom stereocenters. The molecule has 1 aromatic carbocycles. The molecular weight excluding hydrogens is 556 g/mol. The van der Waals surface area contributed by atoms with E-state index < -0.39 is 53.8 Å². The molecule has 0 spiro atoms. The van der Waals surface area contributed by atoms with Crippen LogP contribution in [0.3, 0.4) is 0 Å². The van der Waals surface area contributed by atoms with Crippen LogP contribution in [0.5, 0.6) is 5.75 Å².